The minimum Gasteiger partial charge on any atom is -0.507 e. The van der Waals surface area contributed by atoms with Gasteiger partial charge in [-0.15, -0.1) is 0 Å². The highest BCUT2D eigenvalue weighted by Crippen LogP contribution is 2.39. The largest absolute Gasteiger partial charge is 0.507 e. The van der Waals surface area contributed by atoms with Gasteiger partial charge in [0.1, 0.15) is 27.5 Å². The number of aromatic hydroxyl groups is 1. The summed E-state index contributed by atoms with van der Waals surface area (Å²) in [6, 6.07) is 28.7. The Balaban J connectivity index is 1.34. The van der Waals surface area contributed by atoms with E-state index in [1.165, 1.54) is 12.1 Å². The van der Waals surface area contributed by atoms with Crippen LogP contribution in [0, 0.1) is 10.1 Å². The van der Waals surface area contributed by atoms with Gasteiger partial charge in [0.2, 0.25) is 5.78 Å². The van der Waals surface area contributed by atoms with Gasteiger partial charge in [0.25, 0.3) is 5.69 Å². The summed E-state index contributed by atoms with van der Waals surface area (Å²) in [5.41, 5.74) is 1.83. The number of rotatable bonds is 9. The number of benzene rings is 5. The molecule has 0 amide bonds. The maximum atomic E-state index is 13.4. The normalized spacial score (nSPS) is 11.3. The Morgan fingerprint density at radius 3 is 2.15 bits per heavy atom. The number of nitro benzene ring substituents is 1. The maximum absolute atomic E-state index is 13.4. The highest BCUT2D eigenvalue weighted by atomic mass is 32.2. The van der Waals surface area contributed by atoms with Crippen LogP contribution in [0.5, 0.6) is 11.5 Å². The van der Waals surface area contributed by atoms with Crippen molar-refractivity contribution in [2.45, 2.75) is 4.90 Å². The predicted molar refractivity (Wildman–Crippen MR) is 166 cm³/mol. The van der Waals surface area contributed by atoms with Gasteiger partial charge in [0.05, 0.1) is 16.6 Å². The molecule has 0 saturated heterocycles. The van der Waals surface area contributed by atoms with Crippen LogP contribution in [-0.2, 0) is 10.1 Å². The van der Waals surface area contributed by atoms with Gasteiger partial charge in [-0.2, -0.15) is 8.42 Å². The minimum atomic E-state index is -4.59. The van der Waals surface area contributed by atoms with E-state index in [4.69, 9.17) is 13.7 Å². The number of nitro groups is 1. The molecule has 0 spiro atoms. The van der Waals surface area contributed by atoms with Gasteiger partial charge in [-0.1, -0.05) is 72.8 Å². The van der Waals surface area contributed by atoms with Crippen LogP contribution in [0.1, 0.15) is 26.5 Å². The molecule has 6 aromatic rings. The highest BCUT2D eigenvalue weighted by molar-refractivity contribution is 7.87. The molecular weight excluding hydrogens is 614 g/mol. The molecule has 0 saturated carbocycles. The van der Waals surface area contributed by atoms with Crippen LogP contribution in [0.2, 0.25) is 0 Å². The lowest BCUT2D eigenvalue weighted by Gasteiger charge is -2.10. The number of carbonyl (C=O) groups excluding carboxylic acids is 1. The van der Waals surface area contributed by atoms with Gasteiger partial charge in [0, 0.05) is 22.6 Å². The zero-order chi connectivity index (χ0) is 32.6. The van der Waals surface area contributed by atoms with E-state index in [1.807, 2.05) is 12.1 Å². The van der Waals surface area contributed by atoms with Gasteiger partial charge < -0.3 is 18.8 Å². The summed E-state index contributed by atoms with van der Waals surface area (Å²) in [5.74, 6) is -2.77. The Labute approximate surface area is 260 Å². The van der Waals surface area contributed by atoms with Gasteiger partial charge >= 0.3 is 16.1 Å². The fourth-order valence-corrected chi connectivity index (χ4v) is 5.95. The summed E-state index contributed by atoms with van der Waals surface area (Å²) >= 11 is 0. The molecule has 11 nitrogen and oxygen atoms in total. The van der Waals surface area contributed by atoms with E-state index >= 15 is 0 Å². The van der Waals surface area contributed by atoms with E-state index in [2.05, 4.69) is 0 Å². The first-order chi connectivity index (χ1) is 22.0. The summed E-state index contributed by atoms with van der Waals surface area (Å²) < 4.78 is 36.7. The van der Waals surface area contributed by atoms with Crippen molar-refractivity contribution in [2.75, 3.05) is 0 Å². The van der Waals surface area contributed by atoms with E-state index in [1.54, 1.807) is 66.7 Å². The van der Waals surface area contributed by atoms with Crippen molar-refractivity contribution in [1.82, 2.24) is 0 Å². The minimum absolute atomic E-state index is 0.153. The van der Waals surface area contributed by atoms with Crippen molar-refractivity contribution in [1.29, 1.82) is 0 Å². The molecule has 228 valence electrons. The van der Waals surface area contributed by atoms with E-state index in [-0.39, 0.29) is 22.9 Å². The average Bonchev–Trinajstić information content (AvgIpc) is 3.44. The smallest absolute Gasteiger partial charge is 0.339 e. The number of para-hydroxylation sites is 1. The lowest BCUT2D eigenvalue weighted by Crippen LogP contribution is -2.10. The molecule has 5 aromatic carbocycles. The van der Waals surface area contributed by atoms with Crippen molar-refractivity contribution in [2.24, 2.45) is 0 Å². The average molecular weight is 636 g/mol. The molecule has 2 N–H and O–H groups in total. The summed E-state index contributed by atoms with van der Waals surface area (Å²) in [4.78, 5) is 35.4. The maximum Gasteiger partial charge on any atom is 0.339 e. The third-order valence-corrected chi connectivity index (χ3v) is 8.43. The number of hydrogen-bond donors (Lipinski definition) is 2. The van der Waals surface area contributed by atoms with E-state index in [0.717, 1.165) is 18.2 Å². The lowest BCUT2D eigenvalue weighted by molar-refractivity contribution is -0.384. The zero-order valence-corrected chi connectivity index (χ0v) is 24.3. The van der Waals surface area contributed by atoms with Crippen LogP contribution in [0.4, 0.5) is 5.69 Å². The molecule has 46 heavy (non-hydrogen) atoms. The number of ketones is 1. The zero-order valence-electron chi connectivity index (χ0n) is 23.5. The molecule has 0 aliphatic rings. The molecule has 0 atom stereocenters. The second-order valence-electron chi connectivity index (χ2n) is 10.0. The molecule has 0 unspecified atom stereocenters. The number of carboxylic acids is 1. The van der Waals surface area contributed by atoms with E-state index in [9.17, 15) is 33.2 Å². The summed E-state index contributed by atoms with van der Waals surface area (Å²) in [5, 5.41) is 31.7. The van der Waals surface area contributed by atoms with Crippen LogP contribution in [0.25, 0.3) is 33.2 Å². The van der Waals surface area contributed by atoms with Gasteiger partial charge in [-0.25, -0.2) is 4.79 Å². The number of phenols is 1. The molecule has 0 fully saturated rings. The lowest BCUT2D eigenvalue weighted by atomic mass is 9.95. The van der Waals surface area contributed by atoms with E-state index < -0.39 is 42.9 Å². The van der Waals surface area contributed by atoms with Crippen LogP contribution >= 0.6 is 0 Å². The summed E-state index contributed by atoms with van der Waals surface area (Å²) in [6.45, 7) is 0. The van der Waals surface area contributed by atoms with Crippen molar-refractivity contribution in [3.05, 3.63) is 142 Å². The molecule has 12 heteroatoms. The number of nitrogens with zero attached hydrogens (tertiary/aromatic N) is 1. The van der Waals surface area contributed by atoms with Crippen LogP contribution in [-0.4, -0.2) is 35.3 Å². The number of carboxylic acid groups (broad SMARTS) is 1. The summed E-state index contributed by atoms with van der Waals surface area (Å²) in [7, 11) is -4.59. The first-order valence-corrected chi connectivity index (χ1v) is 15.0. The first-order valence-electron chi connectivity index (χ1n) is 13.5. The number of carbonyl (C=O) groups is 2. The Kier molecular flexibility index (Phi) is 7.56. The van der Waals surface area contributed by atoms with Crippen LogP contribution < -0.4 is 4.18 Å². The molecule has 1 heterocycles. The quantitative estimate of drug-likeness (QED) is 0.0723. The second-order valence-corrected chi connectivity index (χ2v) is 11.6. The molecule has 1 aromatic heterocycles. The number of hydrogen-bond acceptors (Lipinski definition) is 9. The standard InChI is InChI=1S/C34H21NO10S/c36-29-19-24(15-17-26(29)34(38)39)46(42,43)45-23-14-16-25(28(18-23)35(40)41)20-10-12-21(13-11-20)31-27-8-4-5-9-30(27)44-33(31)32(37)22-6-2-1-3-7-22/h1-19,36H,(H,38,39). The number of furan rings is 1. The van der Waals surface area contributed by atoms with Gasteiger partial charge in [-0.05, 0) is 41.5 Å². The third-order valence-electron chi connectivity index (χ3n) is 7.18. The van der Waals surface area contributed by atoms with Crippen molar-refractivity contribution >= 4 is 38.5 Å². The molecule has 0 radical (unpaired) electrons. The van der Waals surface area contributed by atoms with Crippen LogP contribution in [0.3, 0.4) is 0 Å². The van der Waals surface area contributed by atoms with E-state index in [0.29, 0.717) is 39.3 Å². The molecular formula is C34H21NO10S. The molecule has 0 aliphatic heterocycles. The molecule has 0 bridgehead atoms. The fraction of sp³-hybridized carbons (Fsp3) is 0. The van der Waals surface area contributed by atoms with Gasteiger partial charge in [-0.3, -0.25) is 14.9 Å². The van der Waals surface area contributed by atoms with Crippen LogP contribution in [0.15, 0.2) is 125 Å². The predicted octanol–water partition coefficient (Wildman–Crippen LogP) is 7.08. The SMILES string of the molecule is O=C(O)c1ccc(S(=O)(=O)Oc2ccc(-c3ccc(-c4c(C(=O)c5ccccc5)oc5ccccc45)cc3)c([N+](=O)[O-])c2)cc1O. The molecule has 6 rings (SSSR count). The monoisotopic (exact) mass is 635 g/mol. The fourth-order valence-electron chi connectivity index (χ4n) is 5.01. The number of fused-ring (bicyclic) bond motifs is 1. The molecule has 0 aliphatic carbocycles. The van der Waals surface area contributed by atoms with Crippen molar-refractivity contribution in [3.8, 4) is 33.8 Å². The third kappa shape index (κ3) is 5.55. The highest BCUT2D eigenvalue weighted by Gasteiger charge is 2.25. The Morgan fingerprint density at radius 1 is 0.804 bits per heavy atom. The summed E-state index contributed by atoms with van der Waals surface area (Å²) in [6.07, 6.45) is 0. The Bertz CT molecular complexity index is 2280. The van der Waals surface area contributed by atoms with Gasteiger partial charge in [0.15, 0.2) is 5.76 Å². The van der Waals surface area contributed by atoms with Crippen molar-refractivity contribution < 1.29 is 41.7 Å². The Morgan fingerprint density at radius 2 is 1.48 bits per heavy atom. The second kappa shape index (κ2) is 11.7. The number of aromatic carboxylic acids is 1. The first kappa shape index (κ1) is 29.8. The topological polar surface area (TPSA) is 174 Å². The van der Waals surface area contributed by atoms with Crippen molar-refractivity contribution in [3.63, 3.8) is 0 Å². The Hall–Kier alpha value is -6.27.